The number of rotatable bonds is 5. The van der Waals surface area contributed by atoms with Gasteiger partial charge >= 0.3 is 0 Å². The zero-order valence-electron chi connectivity index (χ0n) is 8.69. The first-order valence-corrected chi connectivity index (χ1v) is 6.95. The van der Waals surface area contributed by atoms with Crippen LogP contribution in [0, 0.1) is 12.3 Å². The summed E-state index contributed by atoms with van der Waals surface area (Å²) in [6.45, 7) is 2.15. The highest BCUT2D eigenvalue weighted by molar-refractivity contribution is 8.15. The van der Waals surface area contributed by atoms with Crippen LogP contribution in [0.25, 0.3) is 0 Å². The largest absolute Gasteiger partial charge is 0.397 e. The quantitative estimate of drug-likeness (QED) is 0.486. The Morgan fingerprint density at radius 3 is 2.93 bits per heavy atom. The summed E-state index contributed by atoms with van der Waals surface area (Å²) in [4.78, 5) is 4.07. The number of terminal acetylenes is 1. The van der Waals surface area contributed by atoms with Crippen molar-refractivity contribution < 1.29 is 0 Å². The molecule has 0 fully saturated rings. The van der Waals surface area contributed by atoms with Gasteiger partial charge in [-0.2, -0.15) is 11.8 Å². The van der Waals surface area contributed by atoms with E-state index in [9.17, 15) is 0 Å². The van der Waals surface area contributed by atoms with Gasteiger partial charge in [-0.05, 0) is 5.75 Å². The Bertz CT molecular complexity index is 358. The van der Waals surface area contributed by atoms with Crippen LogP contribution >= 0.6 is 23.5 Å². The zero-order chi connectivity index (χ0) is 11.1. The molecule has 1 aromatic rings. The first-order valence-electron chi connectivity index (χ1n) is 4.64. The second kappa shape index (κ2) is 6.65. The molecule has 0 saturated carbocycles. The summed E-state index contributed by atoms with van der Waals surface area (Å²) in [5.74, 6) is 4.56. The van der Waals surface area contributed by atoms with Crippen LogP contribution in [-0.4, -0.2) is 15.8 Å². The molecule has 2 N–H and O–H groups in total. The Morgan fingerprint density at radius 1 is 1.47 bits per heavy atom. The van der Waals surface area contributed by atoms with Gasteiger partial charge in [0.05, 0.1) is 11.3 Å². The van der Waals surface area contributed by atoms with E-state index in [4.69, 9.17) is 12.2 Å². The van der Waals surface area contributed by atoms with Crippen LogP contribution in [0.2, 0.25) is 0 Å². The highest BCUT2D eigenvalue weighted by Gasteiger charge is 2.03. The average molecular weight is 238 g/mol. The first-order chi connectivity index (χ1) is 7.29. The first kappa shape index (κ1) is 12.3. The number of thioether (sulfide) groups is 2. The van der Waals surface area contributed by atoms with Gasteiger partial charge in [-0.25, -0.2) is 0 Å². The van der Waals surface area contributed by atoms with Gasteiger partial charge < -0.3 is 5.73 Å². The van der Waals surface area contributed by atoms with E-state index in [1.807, 2.05) is 23.5 Å². The number of aromatic nitrogens is 1. The van der Waals surface area contributed by atoms with Crippen molar-refractivity contribution in [2.24, 2.45) is 0 Å². The van der Waals surface area contributed by atoms with Crippen LogP contribution in [0.3, 0.4) is 0 Å². The van der Waals surface area contributed by atoms with Crippen LogP contribution < -0.4 is 5.73 Å². The van der Waals surface area contributed by atoms with Gasteiger partial charge in [-0.3, -0.25) is 4.98 Å². The molecule has 0 saturated heterocycles. The lowest BCUT2D eigenvalue weighted by Gasteiger charge is -2.06. The summed E-state index contributed by atoms with van der Waals surface area (Å²) in [7, 11) is 0. The van der Waals surface area contributed by atoms with Gasteiger partial charge in [-0.15, -0.1) is 18.2 Å². The Morgan fingerprint density at radius 2 is 2.27 bits per heavy atom. The predicted molar refractivity (Wildman–Crippen MR) is 70.9 cm³/mol. The van der Waals surface area contributed by atoms with E-state index in [2.05, 4.69) is 17.8 Å². The number of nitrogens with two attached hydrogens (primary N) is 1. The second-order valence-electron chi connectivity index (χ2n) is 2.86. The van der Waals surface area contributed by atoms with E-state index in [0.717, 1.165) is 22.2 Å². The molecule has 0 amide bonds. The summed E-state index contributed by atoms with van der Waals surface area (Å²) in [6.07, 6.45) is 8.74. The Balaban J connectivity index is 2.58. The predicted octanol–water partition coefficient (Wildman–Crippen LogP) is 2.59. The van der Waals surface area contributed by atoms with E-state index >= 15 is 0 Å². The minimum absolute atomic E-state index is 0.691. The minimum atomic E-state index is 0.691. The van der Waals surface area contributed by atoms with E-state index in [1.54, 1.807) is 12.4 Å². The summed E-state index contributed by atoms with van der Waals surface area (Å²) < 4.78 is 0. The maximum atomic E-state index is 5.91. The topological polar surface area (TPSA) is 38.9 Å². The lowest BCUT2D eigenvalue weighted by Crippen LogP contribution is -1.98. The summed E-state index contributed by atoms with van der Waals surface area (Å²) in [6, 6.07) is 0. The van der Waals surface area contributed by atoms with Crippen molar-refractivity contribution in [2.75, 3.05) is 16.6 Å². The molecule has 0 atom stereocenters. The second-order valence-corrected chi connectivity index (χ2v) is 5.49. The number of pyridine rings is 1. The summed E-state index contributed by atoms with van der Waals surface area (Å²) in [5.41, 5.74) is 8.33. The third-order valence-electron chi connectivity index (χ3n) is 1.85. The van der Waals surface area contributed by atoms with E-state index in [-0.39, 0.29) is 0 Å². The smallest absolute Gasteiger partial charge is 0.0658 e. The van der Waals surface area contributed by atoms with Gasteiger partial charge in [-0.1, -0.05) is 12.8 Å². The average Bonchev–Trinajstić information content (AvgIpc) is 2.26. The highest BCUT2D eigenvalue weighted by Crippen LogP contribution is 2.22. The Hall–Kier alpha value is -0.790. The molecule has 0 aromatic carbocycles. The fraction of sp³-hybridized carbons (Fsp3) is 0.364. The number of hydrogen-bond acceptors (Lipinski definition) is 4. The highest BCUT2D eigenvalue weighted by atomic mass is 32.2. The molecule has 0 aliphatic carbocycles. The standard InChI is InChI=1S/C11H14N2S2/c1-3-9-5-13-6-10(11(9)12)7-15-8-14-4-2/h1,5-6H,4,7-8H2,2H3,(H2,12,13). The molecule has 15 heavy (non-hydrogen) atoms. The van der Waals surface area contributed by atoms with Crippen molar-refractivity contribution in [3.8, 4) is 12.3 Å². The third kappa shape index (κ3) is 3.69. The van der Waals surface area contributed by atoms with Crippen molar-refractivity contribution in [3.05, 3.63) is 23.5 Å². The van der Waals surface area contributed by atoms with Gasteiger partial charge in [0.25, 0.3) is 0 Å². The molecule has 0 radical (unpaired) electrons. The van der Waals surface area contributed by atoms with E-state index < -0.39 is 0 Å². The van der Waals surface area contributed by atoms with Crippen molar-refractivity contribution >= 4 is 29.2 Å². The lowest BCUT2D eigenvalue weighted by molar-refractivity contribution is 1.24. The Kier molecular flexibility index (Phi) is 5.44. The van der Waals surface area contributed by atoms with Crippen LogP contribution in [0.4, 0.5) is 5.69 Å². The number of nitrogens with zero attached hydrogens (tertiary/aromatic N) is 1. The number of nitrogen functional groups attached to an aromatic ring is 1. The molecule has 0 aliphatic heterocycles. The molecule has 2 nitrogen and oxygen atoms in total. The summed E-state index contributed by atoms with van der Waals surface area (Å²) in [5, 5.41) is 1.08. The fourth-order valence-corrected chi connectivity index (χ4v) is 2.96. The lowest BCUT2D eigenvalue weighted by atomic mass is 10.2. The number of anilines is 1. The normalized spacial score (nSPS) is 9.87. The SMILES string of the molecule is C#Cc1cncc(CSCSCC)c1N. The molecule has 0 unspecified atom stereocenters. The van der Waals surface area contributed by atoms with Crippen LogP contribution in [0.5, 0.6) is 0 Å². The van der Waals surface area contributed by atoms with Crippen molar-refractivity contribution in [2.45, 2.75) is 12.7 Å². The molecule has 1 aromatic heterocycles. The van der Waals surface area contributed by atoms with Gasteiger partial charge in [0.15, 0.2) is 0 Å². The molecule has 0 aliphatic rings. The van der Waals surface area contributed by atoms with Gasteiger partial charge in [0.1, 0.15) is 0 Å². The Labute approximate surface area is 99.4 Å². The molecular formula is C11H14N2S2. The maximum Gasteiger partial charge on any atom is 0.0658 e. The molecular weight excluding hydrogens is 224 g/mol. The van der Waals surface area contributed by atoms with E-state index in [1.165, 1.54) is 0 Å². The maximum absolute atomic E-state index is 5.91. The van der Waals surface area contributed by atoms with Crippen molar-refractivity contribution in [3.63, 3.8) is 0 Å². The molecule has 1 rings (SSSR count). The third-order valence-corrected chi connectivity index (χ3v) is 4.11. The molecule has 0 bridgehead atoms. The van der Waals surface area contributed by atoms with Crippen molar-refractivity contribution in [1.82, 2.24) is 4.98 Å². The van der Waals surface area contributed by atoms with Crippen LogP contribution in [0.1, 0.15) is 18.1 Å². The molecule has 1 heterocycles. The van der Waals surface area contributed by atoms with Crippen molar-refractivity contribution in [1.29, 1.82) is 0 Å². The van der Waals surface area contributed by atoms with Crippen LogP contribution in [0.15, 0.2) is 12.4 Å². The molecule has 80 valence electrons. The number of hydrogen-bond donors (Lipinski definition) is 1. The molecule has 0 spiro atoms. The fourth-order valence-electron chi connectivity index (χ4n) is 1.04. The molecule has 4 heteroatoms. The monoisotopic (exact) mass is 238 g/mol. The van der Waals surface area contributed by atoms with Gasteiger partial charge in [0, 0.05) is 28.8 Å². The van der Waals surface area contributed by atoms with Gasteiger partial charge in [0.2, 0.25) is 0 Å². The van der Waals surface area contributed by atoms with Crippen LogP contribution in [-0.2, 0) is 5.75 Å². The minimum Gasteiger partial charge on any atom is -0.397 e. The zero-order valence-corrected chi connectivity index (χ0v) is 10.3. The van der Waals surface area contributed by atoms with E-state index in [0.29, 0.717) is 11.3 Å². The summed E-state index contributed by atoms with van der Waals surface area (Å²) >= 11 is 3.74.